The van der Waals surface area contributed by atoms with E-state index < -0.39 is 0 Å². The van der Waals surface area contributed by atoms with E-state index in [1.807, 2.05) is 17.2 Å². The van der Waals surface area contributed by atoms with Crippen LogP contribution in [0.4, 0.5) is 5.69 Å². The summed E-state index contributed by atoms with van der Waals surface area (Å²) < 4.78 is 7.96. The van der Waals surface area contributed by atoms with Crippen LogP contribution < -0.4 is 5.73 Å². The van der Waals surface area contributed by atoms with Crippen LogP contribution in [0.25, 0.3) is 0 Å². The molecule has 0 radical (unpaired) electrons. The monoisotopic (exact) mass is 289 g/mol. The number of amides is 1. The number of anilines is 1. The lowest BCUT2D eigenvalue weighted by Crippen LogP contribution is -2.55. The smallest absolute Gasteiger partial charge is 0.270 e. The molecule has 2 unspecified atom stereocenters. The highest BCUT2D eigenvalue weighted by Crippen LogP contribution is 2.38. The lowest BCUT2D eigenvalue weighted by molar-refractivity contribution is -0.0755. The molecule has 1 aliphatic heterocycles. The molecule has 2 saturated carbocycles. The number of nitrogen functional groups attached to an aromatic ring is 1. The van der Waals surface area contributed by atoms with Crippen LogP contribution in [-0.2, 0) is 4.74 Å². The van der Waals surface area contributed by atoms with Crippen LogP contribution in [0.5, 0.6) is 0 Å². The van der Waals surface area contributed by atoms with Gasteiger partial charge in [0.25, 0.3) is 5.91 Å². The molecule has 1 aromatic heterocycles. The van der Waals surface area contributed by atoms with Crippen molar-refractivity contribution in [2.75, 3.05) is 18.9 Å². The predicted molar refractivity (Wildman–Crippen MR) is 80.1 cm³/mol. The highest BCUT2D eigenvalue weighted by atomic mass is 16.5. The Balaban J connectivity index is 1.61. The average molecular weight is 289 g/mol. The van der Waals surface area contributed by atoms with Gasteiger partial charge in [0.15, 0.2) is 0 Å². The van der Waals surface area contributed by atoms with Gasteiger partial charge in [-0.05, 0) is 31.7 Å². The first-order valence-electron chi connectivity index (χ1n) is 8.14. The fourth-order valence-electron chi connectivity index (χ4n) is 3.82. The van der Waals surface area contributed by atoms with E-state index in [0.29, 0.717) is 24.9 Å². The van der Waals surface area contributed by atoms with Crippen molar-refractivity contribution in [3.63, 3.8) is 0 Å². The Bertz CT molecular complexity index is 548. The van der Waals surface area contributed by atoms with Gasteiger partial charge in [-0.25, -0.2) is 0 Å². The van der Waals surface area contributed by atoms with Gasteiger partial charge in [-0.3, -0.25) is 4.79 Å². The number of carbonyl (C=O) groups is 1. The van der Waals surface area contributed by atoms with E-state index in [0.717, 1.165) is 31.4 Å². The summed E-state index contributed by atoms with van der Waals surface area (Å²) in [5.41, 5.74) is 7.39. The second kappa shape index (κ2) is 5.05. The summed E-state index contributed by atoms with van der Waals surface area (Å²) in [5, 5.41) is 0. The molecule has 5 heteroatoms. The Morgan fingerprint density at radius 3 is 2.86 bits per heavy atom. The van der Waals surface area contributed by atoms with Crippen LogP contribution in [0.15, 0.2) is 12.3 Å². The SMILES string of the molecule is Nc1cc(C(=O)N2CCOC3CCCCC32)n(C2CC2)c1. The maximum Gasteiger partial charge on any atom is 0.270 e. The Hall–Kier alpha value is -1.49. The molecule has 0 spiro atoms. The zero-order chi connectivity index (χ0) is 14.4. The van der Waals surface area contributed by atoms with Crippen LogP contribution in [0.3, 0.4) is 0 Å². The van der Waals surface area contributed by atoms with E-state index in [1.165, 1.54) is 12.8 Å². The zero-order valence-electron chi connectivity index (χ0n) is 12.3. The second-order valence-electron chi connectivity index (χ2n) is 6.56. The molecule has 1 amide bonds. The lowest BCUT2D eigenvalue weighted by atomic mass is 9.90. The van der Waals surface area contributed by atoms with E-state index in [2.05, 4.69) is 4.57 Å². The van der Waals surface area contributed by atoms with Crippen molar-refractivity contribution in [3.05, 3.63) is 18.0 Å². The topological polar surface area (TPSA) is 60.5 Å². The second-order valence-corrected chi connectivity index (χ2v) is 6.56. The van der Waals surface area contributed by atoms with Gasteiger partial charge in [0.05, 0.1) is 24.4 Å². The van der Waals surface area contributed by atoms with E-state index in [4.69, 9.17) is 10.5 Å². The molecule has 2 aliphatic carbocycles. The third-order valence-electron chi connectivity index (χ3n) is 5.02. The molecule has 2 heterocycles. The van der Waals surface area contributed by atoms with Crippen molar-refractivity contribution < 1.29 is 9.53 Å². The Morgan fingerprint density at radius 2 is 2.05 bits per heavy atom. The van der Waals surface area contributed by atoms with Gasteiger partial charge < -0.3 is 19.9 Å². The minimum absolute atomic E-state index is 0.138. The lowest BCUT2D eigenvalue weighted by Gasteiger charge is -2.43. The van der Waals surface area contributed by atoms with Crippen molar-refractivity contribution >= 4 is 11.6 Å². The van der Waals surface area contributed by atoms with Crippen LogP contribution in [0.1, 0.15) is 55.1 Å². The summed E-state index contributed by atoms with van der Waals surface area (Å²) >= 11 is 0. The number of morpholine rings is 1. The van der Waals surface area contributed by atoms with Gasteiger partial charge in [0.1, 0.15) is 5.69 Å². The Labute approximate surface area is 125 Å². The van der Waals surface area contributed by atoms with Crippen molar-refractivity contribution in [3.8, 4) is 0 Å². The zero-order valence-corrected chi connectivity index (χ0v) is 12.3. The van der Waals surface area contributed by atoms with Crippen molar-refractivity contribution in [2.24, 2.45) is 0 Å². The van der Waals surface area contributed by atoms with E-state index >= 15 is 0 Å². The largest absolute Gasteiger partial charge is 0.397 e. The molecule has 3 fully saturated rings. The minimum Gasteiger partial charge on any atom is -0.397 e. The van der Waals surface area contributed by atoms with E-state index in [-0.39, 0.29) is 18.1 Å². The van der Waals surface area contributed by atoms with Crippen LogP contribution in [-0.4, -0.2) is 40.7 Å². The molecule has 5 nitrogen and oxygen atoms in total. The Kier molecular flexibility index (Phi) is 3.17. The van der Waals surface area contributed by atoms with Crippen LogP contribution in [0.2, 0.25) is 0 Å². The number of carbonyl (C=O) groups excluding carboxylic acids is 1. The standard InChI is InChI=1S/C16H23N3O2/c17-11-9-14(19(10-11)12-5-6-12)16(20)18-7-8-21-15-4-2-1-3-13(15)18/h9-10,12-13,15H,1-8,17H2. The first-order valence-corrected chi connectivity index (χ1v) is 8.14. The first-order chi connectivity index (χ1) is 10.2. The maximum absolute atomic E-state index is 13.0. The summed E-state index contributed by atoms with van der Waals surface area (Å²) in [5.74, 6) is 0.138. The fraction of sp³-hybridized carbons (Fsp3) is 0.688. The molecule has 4 rings (SSSR count). The summed E-state index contributed by atoms with van der Waals surface area (Å²) in [6.07, 6.45) is 9.03. The highest BCUT2D eigenvalue weighted by Gasteiger charge is 2.38. The van der Waals surface area contributed by atoms with Gasteiger partial charge >= 0.3 is 0 Å². The number of aromatic nitrogens is 1. The van der Waals surface area contributed by atoms with E-state index in [9.17, 15) is 4.79 Å². The number of hydrogen-bond acceptors (Lipinski definition) is 3. The molecule has 0 aromatic carbocycles. The fourth-order valence-corrected chi connectivity index (χ4v) is 3.82. The molecule has 114 valence electrons. The quantitative estimate of drug-likeness (QED) is 0.908. The van der Waals surface area contributed by atoms with Crippen LogP contribution in [0, 0.1) is 0 Å². The summed E-state index contributed by atoms with van der Waals surface area (Å²) in [6, 6.07) is 2.57. The molecular formula is C16H23N3O2. The van der Waals surface area contributed by atoms with Crippen LogP contribution >= 0.6 is 0 Å². The molecule has 1 saturated heterocycles. The summed E-state index contributed by atoms with van der Waals surface area (Å²) in [6.45, 7) is 1.36. The summed E-state index contributed by atoms with van der Waals surface area (Å²) in [4.78, 5) is 15.1. The van der Waals surface area contributed by atoms with Gasteiger partial charge in [0, 0.05) is 18.8 Å². The average Bonchev–Trinajstić information content (AvgIpc) is 3.28. The molecular weight excluding hydrogens is 266 g/mol. The molecule has 21 heavy (non-hydrogen) atoms. The van der Waals surface area contributed by atoms with Crippen molar-refractivity contribution in [1.82, 2.24) is 9.47 Å². The molecule has 3 aliphatic rings. The number of nitrogens with two attached hydrogens (primary N) is 1. The normalized spacial score (nSPS) is 29.2. The van der Waals surface area contributed by atoms with Crippen molar-refractivity contribution in [2.45, 2.75) is 56.7 Å². The third kappa shape index (κ3) is 2.33. The van der Waals surface area contributed by atoms with Crippen molar-refractivity contribution in [1.29, 1.82) is 0 Å². The third-order valence-corrected chi connectivity index (χ3v) is 5.02. The van der Waals surface area contributed by atoms with Gasteiger partial charge in [-0.1, -0.05) is 12.8 Å². The van der Waals surface area contributed by atoms with Gasteiger partial charge in [-0.2, -0.15) is 0 Å². The predicted octanol–water partition coefficient (Wildman–Crippen LogP) is 2.19. The van der Waals surface area contributed by atoms with Gasteiger partial charge in [-0.15, -0.1) is 0 Å². The Morgan fingerprint density at radius 1 is 1.24 bits per heavy atom. The molecule has 2 atom stereocenters. The highest BCUT2D eigenvalue weighted by molar-refractivity contribution is 5.94. The number of ether oxygens (including phenoxy) is 1. The minimum atomic E-state index is 0.138. The van der Waals surface area contributed by atoms with Gasteiger partial charge in [0.2, 0.25) is 0 Å². The molecule has 1 aromatic rings. The first kappa shape index (κ1) is 13.2. The number of fused-ring (bicyclic) bond motifs is 1. The van der Waals surface area contributed by atoms with E-state index in [1.54, 1.807) is 0 Å². The number of nitrogens with zero attached hydrogens (tertiary/aromatic N) is 2. The summed E-state index contributed by atoms with van der Waals surface area (Å²) in [7, 11) is 0. The number of rotatable bonds is 2. The molecule has 2 N–H and O–H groups in total. The molecule has 0 bridgehead atoms. The maximum atomic E-state index is 13.0. The number of hydrogen-bond donors (Lipinski definition) is 1.